The molecule has 0 fully saturated rings. The molecule has 0 aliphatic heterocycles. The zero-order valence-electron chi connectivity index (χ0n) is 9.77. The highest BCUT2D eigenvalue weighted by molar-refractivity contribution is 9.10. The molecule has 0 aromatic heterocycles. The fourth-order valence-electron chi connectivity index (χ4n) is 1.59. The minimum atomic E-state index is -0.212. The Bertz CT molecular complexity index is 596. The number of anilines is 1. The number of phenols is 1. The summed E-state index contributed by atoms with van der Waals surface area (Å²) in [6.45, 7) is 1.75. The smallest absolute Gasteiger partial charge is 0.256 e. The van der Waals surface area contributed by atoms with E-state index < -0.39 is 0 Å². The molecule has 92 valence electrons. The molecule has 0 aliphatic carbocycles. The van der Waals surface area contributed by atoms with Crippen LogP contribution in [0.3, 0.4) is 0 Å². The van der Waals surface area contributed by atoms with Gasteiger partial charge in [-0.2, -0.15) is 0 Å². The molecular weight excluding hydrogens is 294 g/mol. The van der Waals surface area contributed by atoms with E-state index in [0.29, 0.717) is 16.8 Å². The summed E-state index contributed by atoms with van der Waals surface area (Å²) in [5, 5.41) is 12.4. The molecule has 1 amide bonds. The Labute approximate surface area is 114 Å². The van der Waals surface area contributed by atoms with E-state index in [4.69, 9.17) is 0 Å². The molecule has 0 bridgehead atoms. The highest BCUT2D eigenvalue weighted by Crippen LogP contribution is 2.25. The molecule has 0 saturated heterocycles. The summed E-state index contributed by atoms with van der Waals surface area (Å²) >= 11 is 3.33. The fraction of sp³-hybridized carbons (Fsp3) is 0.0714. The average Bonchev–Trinajstić information content (AvgIpc) is 2.35. The lowest BCUT2D eigenvalue weighted by Crippen LogP contribution is -2.13. The van der Waals surface area contributed by atoms with Gasteiger partial charge in [0.2, 0.25) is 0 Å². The average molecular weight is 306 g/mol. The quantitative estimate of drug-likeness (QED) is 0.888. The number of hydrogen-bond donors (Lipinski definition) is 2. The summed E-state index contributed by atoms with van der Waals surface area (Å²) in [6.07, 6.45) is 0. The summed E-state index contributed by atoms with van der Waals surface area (Å²) in [5.74, 6) is -0.0453. The summed E-state index contributed by atoms with van der Waals surface area (Å²) in [4.78, 5) is 12.1. The Morgan fingerprint density at radius 2 is 1.89 bits per heavy atom. The van der Waals surface area contributed by atoms with Gasteiger partial charge in [0.05, 0.1) is 5.56 Å². The Morgan fingerprint density at radius 3 is 2.61 bits per heavy atom. The molecule has 0 atom stereocenters. The topological polar surface area (TPSA) is 49.3 Å². The van der Waals surface area contributed by atoms with Crippen molar-refractivity contribution in [1.29, 1.82) is 0 Å². The maximum absolute atomic E-state index is 12.1. The Hall–Kier alpha value is -1.81. The highest BCUT2D eigenvalue weighted by atomic mass is 79.9. The maximum atomic E-state index is 12.1. The normalized spacial score (nSPS) is 10.1. The van der Waals surface area contributed by atoms with E-state index >= 15 is 0 Å². The number of nitrogens with one attached hydrogen (secondary N) is 1. The van der Waals surface area contributed by atoms with Gasteiger partial charge in [0, 0.05) is 15.7 Å². The van der Waals surface area contributed by atoms with Gasteiger partial charge in [-0.3, -0.25) is 4.79 Å². The second-order valence-electron chi connectivity index (χ2n) is 3.88. The van der Waals surface area contributed by atoms with Gasteiger partial charge in [-0.25, -0.2) is 0 Å². The molecule has 0 unspecified atom stereocenters. The number of rotatable bonds is 2. The van der Waals surface area contributed by atoms with Gasteiger partial charge < -0.3 is 10.4 Å². The van der Waals surface area contributed by atoms with Crippen molar-refractivity contribution >= 4 is 27.5 Å². The van der Waals surface area contributed by atoms with Gasteiger partial charge in [0.15, 0.2) is 0 Å². The number of amides is 1. The van der Waals surface area contributed by atoms with Gasteiger partial charge in [0.1, 0.15) is 5.75 Å². The van der Waals surface area contributed by atoms with E-state index in [2.05, 4.69) is 21.2 Å². The second kappa shape index (κ2) is 5.23. The van der Waals surface area contributed by atoms with Crippen LogP contribution in [-0.4, -0.2) is 11.0 Å². The van der Waals surface area contributed by atoms with Crippen molar-refractivity contribution in [2.75, 3.05) is 5.32 Å². The minimum Gasteiger partial charge on any atom is -0.508 e. The van der Waals surface area contributed by atoms with Gasteiger partial charge >= 0.3 is 0 Å². The molecule has 2 rings (SSSR count). The number of benzene rings is 2. The molecule has 0 radical (unpaired) electrons. The fourth-order valence-corrected chi connectivity index (χ4v) is 2.06. The number of carbonyl (C=O) groups is 1. The number of aromatic hydroxyl groups is 1. The van der Waals surface area contributed by atoms with Gasteiger partial charge in [0.25, 0.3) is 5.91 Å². The first kappa shape index (κ1) is 12.6. The molecule has 0 aliphatic rings. The summed E-state index contributed by atoms with van der Waals surface area (Å²) < 4.78 is 0.736. The lowest BCUT2D eigenvalue weighted by molar-refractivity contribution is 0.102. The first-order valence-corrected chi connectivity index (χ1v) is 6.23. The van der Waals surface area contributed by atoms with Crippen molar-refractivity contribution in [1.82, 2.24) is 0 Å². The highest BCUT2D eigenvalue weighted by Gasteiger charge is 2.11. The van der Waals surface area contributed by atoms with Gasteiger partial charge in [-0.1, -0.05) is 18.2 Å². The summed E-state index contributed by atoms with van der Waals surface area (Å²) in [7, 11) is 0. The third-order valence-electron chi connectivity index (χ3n) is 2.67. The van der Waals surface area contributed by atoms with E-state index in [-0.39, 0.29) is 11.7 Å². The summed E-state index contributed by atoms with van der Waals surface area (Å²) in [6, 6.07) is 12.2. The van der Waals surface area contributed by atoms with E-state index in [0.717, 1.165) is 4.47 Å². The van der Waals surface area contributed by atoms with Crippen molar-refractivity contribution in [2.45, 2.75) is 6.92 Å². The van der Waals surface area contributed by atoms with Crippen molar-refractivity contribution in [3.63, 3.8) is 0 Å². The third kappa shape index (κ3) is 2.54. The first-order chi connectivity index (χ1) is 8.59. The number of phenolic OH excluding ortho intramolecular Hbond substituents is 1. The monoisotopic (exact) mass is 305 g/mol. The maximum Gasteiger partial charge on any atom is 0.256 e. The SMILES string of the molecule is Cc1c(O)cccc1NC(=O)c1ccccc1Br. The number of halogens is 1. The molecule has 2 aromatic rings. The van der Waals surface area contributed by atoms with Crippen LogP contribution in [0.1, 0.15) is 15.9 Å². The zero-order valence-corrected chi connectivity index (χ0v) is 11.4. The second-order valence-corrected chi connectivity index (χ2v) is 4.74. The van der Waals surface area contributed by atoms with E-state index in [9.17, 15) is 9.90 Å². The largest absolute Gasteiger partial charge is 0.508 e. The van der Waals surface area contributed by atoms with Crippen molar-refractivity contribution < 1.29 is 9.90 Å². The van der Waals surface area contributed by atoms with Crippen LogP contribution in [0.25, 0.3) is 0 Å². The van der Waals surface area contributed by atoms with Crippen LogP contribution < -0.4 is 5.32 Å². The molecular formula is C14H12BrNO2. The van der Waals surface area contributed by atoms with Crippen LogP contribution in [0.15, 0.2) is 46.9 Å². The van der Waals surface area contributed by atoms with Crippen LogP contribution >= 0.6 is 15.9 Å². The predicted molar refractivity (Wildman–Crippen MR) is 74.9 cm³/mol. The predicted octanol–water partition coefficient (Wildman–Crippen LogP) is 3.72. The minimum absolute atomic E-state index is 0.167. The van der Waals surface area contributed by atoms with E-state index in [1.165, 1.54) is 0 Å². The van der Waals surface area contributed by atoms with Crippen molar-refractivity contribution in [3.05, 3.63) is 58.1 Å². The Balaban J connectivity index is 2.27. The van der Waals surface area contributed by atoms with Crippen LogP contribution in [-0.2, 0) is 0 Å². The Kier molecular flexibility index (Phi) is 3.67. The van der Waals surface area contributed by atoms with Crippen LogP contribution in [0.2, 0.25) is 0 Å². The third-order valence-corrected chi connectivity index (χ3v) is 3.36. The standard InChI is InChI=1S/C14H12BrNO2/c1-9-12(7-4-8-13(9)17)16-14(18)10-5-2-3-6-11(10)15/h2-8,17H,1H3,(H,16,18). The van der Waals surface area contributed by atoms with Crippen LogP contribution in [0.4, 0.5) is 5.69 Å². The van der Waals surface area contributed by atoms with Gasteiger partial charge in [-0.15, -0.1) is 0 Å². The molecule has 3 nitrogen and oxygen atoms in total. The molecule has 4 heteroatoms. The zero-order chi connectivity index (χ0) is 13.1. The van der Waals surface area contributed by atoms with Crippen molar-refractivity contribution in [3.8, 4) is 5.75 Å². The molecule has 2 aromatic carbocycles. The lowest BCUT2D eigenvalue weighted by Gasteiger charge is -2.10. The van der Waals surface area contributed by atoms with Crippen molar-refractivity contribution in [2.24, 2.45) is 0 Å². The lowest BCUT2D eigenvalue weighted by atomic mass is 10.1. The summed E-state index contributed by atoms with van der Waals surface area (Å²) in [5.41, 5.74) is 1.81. The van der Waals surface area contributed by atoms with Crippen LogP contribution in [0, 0.1) is 6.92 Å². The molecule has 0 spiro atoms. The van der Waals surface area contributed by atoms with E-state index in [1.54, 1.807) is 37.3 Å². The Morgan fingerprint density at radius 1 is 1.17 bits per heavy atom. The number of hydrogen-bond acceptors (Lipinski definition) is 2. The van der Waals surface area contributed by atoms with Crippen LogP contribution in [0.5, 0.6) is 5.75 Å². The number of carbonyl (C=O) groups excluding carboxylic acids is 1. The molecule has 0 heterocycles. The first-order valence-electron chi connectivity index (χ1n) is 5.44. The molecule has 0 saturated carbocycles. The molecule has 18 heavy (non-hydrogen) atoms. The van der Waals surface area contributed by atoms with E-state index in [1.807, 2.05) is 12.1 Å². The van der Waals surface area contributed by atoms with Gasteiger partial charge in [-0.05, 0) is 47.1 Å². The molecule has 2 N–H and O–H groups in total.